The van der Waals surface area contributed by atoms with Gasteiger partial charge in [-0.15, -0.1) is 11.3 Å². The van der Waals surface area contributed by atoms with E-state index in [1.54, 1.807) is 0 Å². The molecule has 0 fully saturated rings. The molecule has 0 amide bonds. The van der Waals surface area contributed by atoms with Gasteiger partial charge in [0.05, 0.1) is 16.7 Å². The zero-order chi connectivity index (χ0) is 37.5. The summed E-state index contributed by atoms with van der Waals surface area (Å²) in [6, 6.07) is 64.3. The second kappa shape index (κ2) is 12.6. The van der Waals surface area contributed by atoms with Crippen LogP contribution in [0.25, 0.3) is 80.7 Å². The standard InChI is InChI=1S/C51H32N4OS/c1-3-14-31(15-4-1)49-52-50(32-16-5-2-6-17-32)54-51(53-49)33-28-29-36-38-21-11-22-39(48(38)56-43(36)30-33)37-20-12-26-44-46(37)47-42(25-13-27-45(47)57-44)55-40-23-9-7-18-34(40)35-19-8-10-24-41(35)55/h1-30,49H,(H,52,53,54). The topological polar surface area (TPSA) is 54.8 Å². The number of hydrogen-bond donors (Lipinski definition) is 1. The Balaban J connectivity index is 1.05. The van der Waals surface area contributed by atoms with Crippen molar-refractivity contribution in [1.82, 2.24) is 9.88 Å². The van der Waals surface area contributed by atoms with Gasteiger partial charge in [0.25, 0.3) is 0 Å². The van der Waals surface area contributed by atoms with Crippen LogP contribution in [-0.2, 0) is 0 Å². The van der Waals surface area contributed by atoms with Crippen LogP contribution in [0.2, 0.25) is 0 Å². The fourth-order valence-electron chi connectivity index (χ4n) is 8.72. The summed E-state index contributed by atoms with van der Waals surface area (Å²) in [5.41, 5.74) is 10.5. The summed E-state index contributed by atoms with van der Waals surface area (Å²) in [6.07, 6.45) is -0.278. The number of furan rings is 1. The Bertz CT molecular complexity index is 3390. The van der Waals surface area contributed by atoms with E-state index in [1.807, 2.05) is 47.7 Å². The third-order valence-electron chi connectivity index (χ3n) is 11.3. The molecule has 0 spiro atoms. The number of aromatic nitrogens is 1. The van der Waals surface area contributed by atoms with Crippen molar-refractivity contribution in [2.75, 3.05) is 0 Å². The highest BCUT2D eigenvalue weighted by Gasteiger charge is 2.23. The van der Waals surface area contributed by atoms with Crippen molar-refractivity contribution in [1.29, 1.82) is 0 Å². The zero-order valence-corrected chi connectivity index (χ0v) is 31.4. The molecular weight excluding hydrogens is 717 g/mol. The van der Waals surface area contributed by atoms with Crippen LogP contribution >= 0.6 is 11.3 Å². The van der Waals surface area contributed by atoms with Gasteiger partial charge in [-0.3, -0.25) is 0 Å². The SMILES string of the molecule is c1ccc(C2=NC(c3ccc4c(c3)oc3c(-c5cccc6sc7cccc(-n8c9ccccc9c9ccccc98)c7c56)cccc34)=NC(c3ccccc3)N2)cc1. The molecule has 1 N–H and O–H groups in total. The van der Waals surface area contributed by atoms with Crippen LogP contribution in [0.4, 0.5) is 0 Å². The number of para-hydroxylation sites is 3. The normalized spacial score (nSPS) is 14.5. The first-order valence-electron chi connectivity index (χ1n) is 19.2. The van der Waals surface area contributed by atoms with Gasteiger partial charge in [-0.05, 0) is 53.6 Å². The second-order valence-electron chi connectivity index (χ2n) is 14.5. The Hall–Kier alpha value is -7.28. The van der Waals surface area contributed by atoms with Gasteiger partial charge < -0.3 is 14.3 Å². The molecule has 12 rings (SSSR count). The van der Waals surface area contributed by atoms with E-state index < -0.39 is 0 Å². The van der Waals surface area contributed by atoms with E-state index >= 15 is 0 Å². The number of hydrogen-bond acceptors (Lipinski definition) is 5. The first-order chi connectivity index (χ1) is 28.3. The monoisotopic (exact) mass is 748 g/mol. The number of aliphatic imine (C=N–C) groups is 2. The largest absolute Gasteiger partial charge is 0.455 e. The molecule has 0 saturated heterocycles. The first-order valence-corrected chi connectivity index (χ1v) is 20.0. The quantitative estimate of drug-likeness (QED) is 0.191. The smallest absolute Gasteiger partial charge is 0.159 e. The number of fused-ring (bicyclic) bond motifs is 9. The van der Waals surface area contributed by atoms with Gasteiger partial charge in [0, 0.05) is 58.4 Å². The Morgan fingerprint density at radius 3 is 1.96 bits per heavy atom. The van der Waals surface area contributed by atoms with E-state index in [-0.39, 0.29) is 6.17 Å². The molecule has 57 heavy (non-hydrogen) atoms. The number of nitrogens with one attached hydrogen (secondary N) is 1. The molecule has 3 aromatic heterocycles. The average molecular weight is 749 g/mol. The van der Waals surface area contributed by atoms with Gasteiger partial charge in [0.15, 0.2) is 5.84 Å². The molecule has 0 saturated carbocycles. The predicted molar refractivity (Wildman–Crippen MR) is 238 cm³/mol. The Kier molecular flexibility index (Phi) is 7.09. The number of nitrogens with zero attached hydrogens (tertiary/aromatic N) is 3. The van der Waals surface area contributed by atoms with E-state index in [0.29, 0.717) is 5.84 Å². The van der Waals surface area contributed by atoms with Crippen LogP contribution in [0.5, 0.6) is 0 Å². The van der Waals surface area contributed by atoms with Crippen molar-refractivity contribution < 1.29 is 4.42 Å². The Morgan fingerprint density at radius 2 is 1.18 bits per heavy atom. The van der Waals surface area contributed by atoms with Crippen molar-refractivity contribution in [3.05, 3.63) is 199 Å². The highest BCUT2D eigenvalue weighted by atomic mass is 32.1. The summed E-state index contributed by atoms with van der Waals surface area (Å²) in [7, 11) is 0. The zero-order valence-electron chi connectivity index (χ0n) is 30.6. The molecule has 0 bridgehead atoms. The van der Waals surface area contributed by atoms with Crippen molar-refractivity contribution in [2.24, 2.45) is 9.98 Å². The maximum atomic E-state index is 6.93. The minimum atomic E-state index is -0.278. The number of benzene rings is 8. The fourth-order valence-corrected chi connectivity index (χ4v) is 9.87. The highest BCUT2D eigenvalue weighted by Crippen LogP contribution is 2.46. The van der Waals surface area contributed by atoms with Crippen LogP contribution < -0.4 is 5.32 Å². The lowest BCUT2D eigenvalue weighted by Crippen LogP contribution is -2.33. The molecule has 1 aliphatic heterocycles. The van der Waals surface area contributed by atoms with Crippen molar-refractivity contribution in [2.45, 2.75) is 6.17 Å². The van der Waals surface area contributed by atoms with Gasteiger partial charge in [-0.1, -0.05) is 140 Å². The summed E-state index contributed by atoms with van der Waals surface area (Å²) in [4.78, 5) is 10.2. The highest BCUT2D eigenvalue weighted by molar-refractivity contribution is 7.26. The van der Waals surface area contributed by atoms with Crippen molar-refractivity contribution in [3.63, 3.8) is 0 Å². The van der Waals surface area contributed by atoms with Gasteiger partial charge in [0.1, 0.15) is 23.2 Å². The molecule has 1 atom stereocenters. The number of rotatable bonds is 5. The van der Waals surface area contributed by atoms with Crippen LogP contribution in [-0.4, -0.2) is 16.2 Å². The van der Waals surface area contributed by atoms with Gasteiger partial charge in [0.2, 0.25) is 0 Å². The van der Waals surface area contributed by atoms with E-state index in [0.717, 1.165) is 55.6 Å². The molecule has 1 aliphatic rings. The molecule has 8 aromatic carbocycles. The summed E-state index contributed by atoms with van der Waals surface area (Å²) >= 11 is 1.84. The third-order valence-corrected chi connectivity index (χ3v) is 12.4. The minimum Gasteiger partial charge on any atom is -0.455 e. The van der Waals surface area contributed by atoms with Crippen LogP contribution in [0.15, 0.2) is 196 Å². The first kappa shape index (κ1) is 32.0. The van der Waals surface area contributed by atoms with Crippen LogP contribution in [0.3, 0.4) is 0 Å². The van der Waals surface area contributed by atoms with Gasteiger partial charge in [-0.25, -0.2) is 9.98 Å². The fraction of sp³-hybridized carbons (Fsp3) is 0.0196. The maximum Gasteiger partial charge on any atom is 0.159 e. The van der Waals surface area contributed by atoms with Crippen molar-refractivity contribution in [3.8, 4) is 16.8 Å². The van der Waals surface area contributed by atoms with E-state index in [2.05, 4.69) is 155 Å². The second-order valence-corrected chi connectivity index (χ2v) is 15.6. The van der Waals surface area contributed by atoms with Crippen molar-refractivity contribution >= 4 is 86.9 Å². The van der Waals surface area contributed by atoms with Gasteiger partial charge >= 0.3 is 0 Å². The third kappa shape index (κ3) is 5.01. The molecule has 0 aliphatic carbocycles. The molecule has 0 radical (unpaired) electrons. The Labute approximate surface area is 331 Å². The number of thiophene rings is 1. The van der Waals surface area contributed by atoms with Gasteiger partial charge in [-0.2, -0.15) is 0 Å². The molecule has 268 valence electrons. The van der Waals surface area contributed by atoms with Crippen LogP contribution in [0.1, 0.15) is 22.9 Å². The number of amidine groups is 2. The average Bonchev–Trinajstić information content (AvgIpc) is 3.96. The summed E-state index contributed by atoms with van der Waals surface area (Å²) < 4.78 is 11.9. The molecule has 4 heterocycles. The summed E-state index contributed by atoms with van der Waals surface area (Å²) in [5.74, 6) is 1.45. The lowest BCUT2D eigenvalue weighted by Gasteiger charge is -2.23. The lowest BCUT2D eigenvalue weighted by molar-refractivity contribution is 0.668. The predicted octanol–water partition coefficient (Wildman–Crippen LogP) is 13.2. The lowest BCUT2D eigenvalue weighted by atomic mass is 9.97. The summed E-state index contributed by atoms with van der Waals surface area (Å²) in [6.45, 7) is 0. The van der Waals surface area contributed by atoms with E-state index in [9.17, 15) is 0 Å². The summed E-state index contributed by atoms with van der Waals surface area (Å²) in [5, 5.41) is 10.7. The Morgan fingerprint density at radius 1 is 0.526 bits per heavy atom. The molecule has 11 aromatic rings. The molecule has 1 unspecified atom stereocenters. The molecule has 6 heteroatoms. The van der Waals surface area contributed by atoms with E-state index in [4.69, 9.17) is 14.4 Å². The van der Waals surface area contributed by atoms with Crippen LogP contribution in [0, 0.1) is 0 Å². The molecule has 5 nitrogen and oxygen atoms in total. The molecular formula is C51H32N4OS. The maximum absolute atomic E-state index is 6.93. The minimum absolute atomic E-state index is 0.278. The van der Waals surface area contributed by atoms with E-state index in [1.165, 1.54) is 47.7 Å².